The number of rotatable bonds is 2. The number of carbonyl (C=O) groups excluding carboxylic acids is 1. The fourth-order valence-corrected chi connectivity index (χ4v) is 4.03. The lowest BCUT2D eigenvalue weighted by Gasteiger charge is -2.32. The van der Waals surface area contributed by atoms with Crippen LogP contribution < -0.4 is 0 Å². The molecule has 1 saturated heterocycles. The van der Waals surface area contributed by atoms with Crippen LogP contribution >= 0.6 is 11.3 Å². The Kier molecular flexibility index (Phi) is 2.89. The van der Waals surface area contributed by atoms with Crippen molar-refractivity contribution in [3.8, 4) is 0 Å². The van der Waals surface area contributed by atoms with Crippen molar-refractivity contribution in [1.29, 1.82) is 0 Å². The second-order valence-electron chi connectivity index (χ2n) is 5.68. The van der Waals surface area contributed by atoms with Crippen LogP contribution in [0, 0.1) is 18.3 Å². The Bertz CT molecular complexity index is 529. The van der Waals surface area contributed by atoms with E-state index in [2.05, 4.69) is 0 Å². The van der Waals surface area contributed by atoms with Crippen LogP contribution in [0.25, 0.3) is 0 Å². The molecule has 2 fully saturated rings. The third-order valence-electron chi connectivity index (χ3n) is 4.59. The Labute approximate surface area is 116 Å². The van der Waals surface area contributed by atoms with Gasteiger partial charge < -0.3 is 10.0 Å². The average Bonchev–Trinajstić information content (AvgIpc) is 2.92. The molecular weight excluding hydrogens is 262 g/mol. The molecule has 0 aromatic carbocycles. The minimum atomic E-state index is -0.672. The van der Waals surface area contributed by atoms with Crippen molar-refractivity contribution in [3.05, 3.63) is 21.9 Å². The molecule has 3 rings (SSSR count). The molecule has 1 aromatic rings. The summed E-state index contributed by atoms with van der Waals surface area (Å²) in [5.41, 5.74) is 1.03. The molecule has 2 aliphatic rings. The zero-order chi connectivity index (χ0) is 13.6. The van der Waals surface area contributed by atoms with Gasteiger partial charge >= 0.3 is 5.97 Å². The summed E-state index contributed by atoms with van der Waals surface area (Å²) in [4.78, 5) is 26.0. The van der Waals surface area contributed by atoms with Crippen LogP contribution in [0.5, 0.6) is 0 Å². The van der Waals surface area contributed by atoms with Crippen LogP contribution in [0.2, 0.25) is 0 Å². The zero-order valence-corrected chi connectivity index (χ0v) is 11.7. The van der Waals surface area contributed by atoms with E-state index in [1.54, 1.807) is 0 Å². The second kappa shape index (κ2) is 4.34. The number of likely N-dealkylation sites (tertiary alicyclic amines) is 1. The van der Waals surface area contributed by atoms with Crippen LogP contribution in [0.3, 0.4) is 0 Å². The van der Waals surface area contributed by atoms with Gasteiger partial charge in [0.05, 0.1) is 10.8 Å². The first-order valence-corrected chi connectivity index (χ1v) is 7.48. The Hall–Kier alpha value is -1.36. The molecular formula is C14H17NO3S. The number of amides is 1. The SMILES string of the molecule is Cc1ccsc1C(=O)N1CCC2(CC1)CC2C(=O)O. The normalized spacial score (nSPS) is 24.5. The average molecular weight is 279 g/mol. The minimum absolute atomic E-state index is 0.00684. The summed E-state index contributed by atoms with van der Waals surface area (Å²) in [6, 6.07) is 1.96. The number of carbonyl (C=O) groups is 2. The molecule has 4 nitrogen and oxygen atoms in total. The first-order chi connectivity index (χ1) is 9.03. The van der Waals surface area contributed by atoms with Crippen LogP contribution in [0.15, 0.2) is 11.4 Å². The number of nitrogens with zero attached hydrogens (tertiary/aromatic N) is 1. The smallest absolute Gasteiger partial charge is 0.307 e. The van der Waals surface area contributed by atoms with E-state index in [0.29, 0.717) is 13.1 Å². The molecule has 19 heavy (non-hydrogen) atoms. The number of hydrogen-bond donors (Lipinski definition) is 1. The van der Waals surface area contributed by atoms with Gasteiger partial charge in [-0.15, -0.1) is 11.3 Å². The molecule has 1 unspecified atom stereocenters. The van der Waals surface area contributed by atoms with E-state index in [9.17, 15) is 9.59 Å². The van der Waals surface area contributed by atoms with Gasteiger partial charge in [0.2, 0.25) is 0 Å². The molecule has 1 spiro atoms. The molecule has 1 aromatic heterocycles. The number of piperidine rings is 1. The minimum Gasteiger partial charge on any atom is -0.481 e. The van der Waals surface area contributed by atoms with E-state index in [1.807, 2.05) is 23.3 Å². The van der Waals surface area contributed by atoms with Crippen molar-refractivity contribution in [2.75, 3.05) is 13.1 Å². The van der Waals surface area contributed by atoms with E-state index >= 15 is 0 Å². The largest absolute Gasteiger partial charge is 0.481 e. The maximum atomic E-state index is 12.3. The van der Waals surface area contributed by atoms with Gasteiger partial charge in [-0.3, -0.25) is 9.59 Å². The highest BCUT2D eigenvalue weighted by Crippen LogP contribution is 2.59. The second-order valence-corrected chi connectivity index (χ2v) is 6.60. The highest BCUT2D eigenvalue weighted by molar-refractivity contribution is 7.12. The van der Waals surface area contributed by atoms with E-state index in [0.717, 1.165) is 29.7 Å². The first-order valence-electron chi connectivity index (χ1n) is 6.60. The third-order valence-corrected chi connectivity index (χ3v) is 5.60. The van der Waals surface area contributed by atoms with E-state index in [4.69, 9.17) is 5.11 Å². The van der Waals surface area contributed by atoms with Crippen LogP contribution in [-0.4, -0.2) is 35.0 Å². The van der Waals surface area contributed by atoms with Gasteiger partial charge in [-0.05, 0) is 48.6 Å². The molecule has 5 heteroatoms. The fraction of sp³-hybridized carbons (Fsp3) is 0.571. The molecule has 1 aliphatic heterocycles. The predicted octanol–water partition coefficient (Wildman–Crippen LogP) is 2.38. The lowest BCUT2D eigenvalue weighted by Crippen LogP contribution is -2.39. The fourth-order valence-electron chi connectivity index (χ4n) is 3.14. The third kappa shape index (κ3) is 2.06. The lowest BCUT2D eigenvalue weighted by molar-refractivity contribution is -0.139. The van der Waals surface area contributed by atoms with Gasteiger partial charge in [0, 0.05) is 13.1 Å². The van der Waals surface area contributed by atoms with Crippen LogP contribution in [-0.2, 0) is 4.79 Å². The summed E-state index contributed by atoms with van der Waals surface area (Å²) in [6.07, 6.45) is 2.46. The number of carboxylic acids is 1. The lowest BCUT2D eigenvalue weighted by atomic mass is 9.90. The summed E-state index contributed by atoms with van der Waals surface area (Å²) in [5.74, 6) is -0.739. The van der Waals surface area contributed by atoms with Crippen molar-refractivity contribution in [2.45, 2.75) is 26.2 Å². The monoisotopic (exact) mass is 279 g/mol. The Morgan fingerprint density at radius 1 is 1.42 bits per heavy atom. The number of aryl methyl sites for hydroxylation is 1. The number of carboxylic acid groups (broad SMARTS) is 1. The molecule has 1 amide bonds. The van der Waals surface area contributed by atoms with Crippen LogP contribution in [0.1, 0.15) is 34.5 Å². The summed E-state index contributed by atoms with van der Waals surface area (Å²) in [6.45, 7) is 3.34. The Morgan fingerprint density at radius 3 is 2.58 bits per heavy atom. The standard InChI is InChI=1S/C14H17NO3S/c1-9-2-7-19-11(9)12(16)15-5-3-14(4-6-15)8-10(14)13(17)18/h2,7,10H,3-6,8H2,1H3,(H,17,18). The van der Waals surface area contributed by atoms with E-state index in [1.165, 1.54) is 11.3 Å². The molecule has 0 radical (unpaired) electrons. The van der Waals surface area contributed by atoms with Gasteiger partial charge in [0.1, 0.15) is 0 Å². The molecule has 1 aliphatic carbocycles. The summed E-state index contributed by atoms with van der Waals surface area (Å²) in [5, 5.41) is 11.0. The molecule has 1 saturated carbocycles. The van der Waals surface area contributed by atoms with Crippen molar-refractivity contribution in [1.82, 2.24) is 4.90 Å². The van der Waals surface area contributed by atoms with Crippen LogP contribution in [0.4, 0.5) is 0 Å². The molecule has 1 atom stereocenters. The van der Waals surface area contributed by atoms with Crippen molar-refractivity contribution in [3.63, 3.8) is 0 Å². The van der Waals surface area contributed by atoms with E-state index < -0.39 is 5.97 Å². The zero-order valence-electron chi connectivity index (χ0n) is 10.9. The highest BCUT2D eigenvalue weighted by Gasteiger charge is 2.59. The number of aliphatic carboxylic acids is 1. The Balaban J connectivity index is 1.64. The maximum absolute atomic E-state index is 12.3. The van der Waals surface area contributed by atoms with Crippen molar-refractivity contribution < 1.29 is 14.7 Å². The van der Waals surface area contributed by atoms with Gasteiger partial charge in [-0.2, -0.15) is 0 Å². The summed E-state index contributed by atoms with van der Waals surface area (Å²) < 4.78 is 0. The molecule has 1 N–H and O–H groups in total. The highest BCUT2D eigenvalue weighted by atomic mass is 32.1. The first kappa shape index (κ1) is 12.7. The summed E-state index contributed by atoms with van der Waals surface area (Å²) in [7, 11) is 0. The Morgan fingerprint density at radius 2 is 2.11 bits per heavy atom. The number of hydrogen-bond acceptors (Lipinski definition) is 3. The summed E-state index contributed by atoms with van der Waals surface area (Å²) >= 11 is 1.49. The predicted molar refractivity (Wildman–Crippen MR) is 72.4 cm³/mol. The quantitative estimate of drug-likeness (QED) is 0.904. The molecule has 2 heterocycles. The molecule has 102 valence electrons. The van der Waals surface area contributed by atoms with Gasteiger partial charge in [0.25, 0.3) is 5.91 Å². The van der Waals surface area contributed by atoms with Gasteiger partial charge in [-0.1, -0.05) is 0 Å². The van der Waals surface area contributed by atoms with Crippen molar-refractivity contribution >= 4 is 23.2 Å². The molecule has 0 bridgehead atoms. The van der Waals surface area contributed by atoms with Crippen molar-refractivity contribution in [2.24, 2.45) is 11.3 Å². The topological polar surface area (TPSA) is 57.6 Å². The van der Waals surface area contributed by atoms with Gasteiger partial charge in [-0.25, -0.2) is 0 Å². The van der Waals surface area contributed by atoms with Gasteiger partial charge in [0.15, 0.2) is 0 Å². The van der Waals surface area contributed by atoms with E-state index in [-0.39, 0.29) is 17.2 Å². The number of thiophene rings is 1. The maximum Gasteiger partial charge on any atom is 0.307 e.